The number of rotatable bonds is 4. The molecule has 0 saturated heterocycles. The number of hydrogen-bond donors (Lipinski definition) is 0. The van der Waals surface area contributed by atoms with Gasteiger partial charge in [-0.1, -0.05) is 25.6 Å². The molecule has 0 aromatic rings. The minimum absolute atomic E-state index is 0.309. The standard InChI is InChI=1S/C10H20O3Si/c1-11-9(10(12-2)13-3)7-8-14(4,5)6/h9-10H,1-6H3. The SMILES string of the molecule is COC(C#C[Si](C)(C)C)C(OC)OC. The van der Waals surface area contributed by atoms with Gasteiger partial charge in [-0.3, -0.25) is 0 Å². The second-order valence-electron chi connectivity index (χ2n) is 4.02. The van der Waals surface area contributed by atoms with Gasteiger partial charge in [-0.2, -0.15) is 0 Å². The lowest BCUT2D eigenvalue weighted by Gasteiger charge is -2.19. The van der Waals surface area contributed by atoms with Gasteiger partial charge >= 0.3 is 0 Å². The normalized spacial score (nSPS) is 13.6. The van der Waals surface area contributed by atoms with Gasteiger partial charge in [0.25, 0.3) is 0 Å². The van der Waals surface area contributed by atoms with E-state index in [9.17, 15) is 0 Å². The molecule has 0 N–H and O–H groups in total. The van der Waals surface area contributed by atoms with Gasteiger partial charge in [-0.25, -0.2) is 0 Å². The Balaban J connectivity index is 4.46. The van der Waals surface area contributed by atoms with Crippen LogP contribution in [-0.4, -0.2) is 41.8 Å². The van der Waals surface area contributed by atoms with E-state index in [-0.39, 0.29) is 6.10 Å². The first-order valence-corrected chi connectivity index (χ1v) is 8.05. The zero-order chi connectivity index (χ0) is 11.2. The molecule has 0 aliphatic carbocycles. The van der Waals surface area contributed by atoms with Gasteiger partial charge in [0, 0.05) is 21.3 Å². The molecular formula is C10H20O3Si. The van der Waals surface area contributed by atoms with Crippen LogP contribution in [0.5, 0.6) is 0 Å². The first-order chi connectivity index (χ1) is 6.44. The highest BCUT2D eigenvalue weighted by Crippen LogP contribution is 2.04. The largest absolute Gasteiger partial charge is 0.363 e. The van der Waals surface area contributed by atoms with Gasteiger partial charge in [0.15, 0.2) is 12.4 Å². The van der Waals surface area contributed by atoms with Gasteiger partial charge in [0.2, 0.25) is 0 Å². The summed E-state index contributed by atoms with van der Waals surface area (Å²) in [6.45, 7) is 6.55. The van der Waals surface area contributed by atoms with Crippen LogP contribution in [0.2, 0.25) is 19.6 Å². The summed E-state index contributed by atoms with van der Waals surface area (Å²) in [5.74, 6) is 3.05. The van der Waals surface area contributed by atoms with Crippen molar-refractivity contribution >= 4 is 8.07 Å². The number of ether oxygens (including phenoxy) is 3. The van der Waals surface area contributed by atoms with Crippen LogP contribution >= 0.6 is 0 Å². The van der Waals surface area contributed by atoms with Crippen molar-refractivity contribution in [1.29, 1.82) is 0 Å². The fraction of sp³-hybridized carbons (Fsp3) is 0.800. The molecule has 0 saturated carbocycles. The highest BCUT2D eigenvalue weighted by molar-refractivity contribution is 6.83. The Labute approximate surface area is 87.7 Å². The molecule has 1 unspecified atom stereocenters. The Morgan fingerprint density at radius 2 is 1.43 bits per heavy atom. The van der Waals surface area contributed by atoms with Crippen molar-refractivity contribution in [3.8, 4) is 11.5 Å². The number of methoxy groups -OCH3 is 3. The van der Waals surface area contributed by atoms with Crippen molar-refractivity contribution in [3.63, 3.8) is 0 Å². The van der Waals surface area contributed by atoms with Gasteiger partial charge in [-0.15, -0.1) is 5.54 Å². The van der Waals surface area contributed by atoms with E-state index in [1.165, 1.54) is 0 Å². The summed E-state index contributed by atoms with van der Waals surface area (Å²) in [6.07, 6.45) is -0.722. The maximum atomic E-state index is 5.19. The fourth-order valence-corrected chi connectivity index (χ4v) is 1.44. The summed E-state index contributed by atoms with van der Waals surface area (Å²) in [5.41, 5.74) is 3.23. The van der Waals surface area contributed by atoms with Crippen LogP contribution in [0.1, 0.15) is 0 Å². The van der Waals surface area contributed by atoms with E-state index >= 15 is 0 Å². The van der Waals surface area contributed by atoms with E-state index in [1.54, 1.807) is 21.3 Å². The number of hydrogen-bond acceptors (Lipinski definition) is 3. The highest BCUT2D eigenvalue weighted by atomic mass is 28.3. The van der Waals surface area contributed by atoms with E-state index in [4.69, 9.17) is 14.2 Å². The Morgan fingerprint density at radius 1 is 0.929 bits per heavy atom. The van der Waals surface area contributed by atoms with Crippen molar-refractivity contribution in [2.45, 2.75) is 32.0 Å². The first kappa shape index (κ1) is 13.7. The Bertz CT molecular complexity index is 208. The van der Waals surface area contributed by atoms with Crippen LogP contribution in [-0.2, 0) is 14.2 Å². The summed E-state index contributed by atoms with van der Waals surface area (Å²) >= 11 is 0. The monoisotopic (exact) mass is 216 g/mol. The van der Waals surface area contributed by atoms with Crippen LogP contribution in [0.3, 0.4) is 0 Å². The molecule has 0 aromatic carbocycles. The van der Waals surface area contributed by atoms with Crippen molar-refractivity contribution in [2.24, 2.45) is 0 Å². The third kappa shape index (κ3) is 5.40. The van der Waals surface area contributed by atoms with E-state index < -0.39 is 14.4 Å². The minimum atomic E-state index is -1.36. The van der Waals surface area contributed by atoms with Crippen LogP contribution in [0, 0.1) is 11.5 Å². The minimum Gasteiger partial charge on any atom is -0.363 e. The molecule has 0 bridgehead atoms. The zero-order valence-electron chi connectivity index (χ0n) is 9.88. The maximum absolute atomic E-state index is 5.19. The second kappa shape index (κ2) is 6.20. The molecule has 1 atom stereocenters. The lowest BCUT2D eigenvalue weighted by Crippen LogP contribution is -2.31. The molecule has 0 aromatic heterocycles. The van der Waals surface area contributed by atoms with Crippen LogP contribution < -0.4 is 0 Å². The molecule has 0 fully saturated rings. The molecular weight excluding hydrogens is 196 g/mol. The molecule has 0 radical (unpaired) electrons. The smallest absolute Gasteiger partial charge is 0.194 e. The average molecular weight is 216 g/mol. The van der Waals surface area contributed by atoms with E-state index in [1.807, 2.05) is 0 Å². The van der Waals surface area contributed by atoms with Gasteiger partial charge in [0.05, 0.1) is 0 Å². The predicted molar refractivity (Wildman–Crippen MR) is 59.7 cm³/mol. The van der Waals surface area contributed by atoms with E-state index in [0.29, 0.717) is 0 Å². The summed E-state index contributed by atoms with van der Waals surface area (Å²) in [5, 5.41) is 0. The third-order valence-electron chi connectivity index (χ3n) is 1.56. The van der Waals surface area contributed by atoms with E-state index in [2.05, 4.69) is 31.1 Å². The Morgan fingerprint density at radius 3 is 1.71 bits per heavy atom. The summed E-state index contributed by atoms with van der Waals surface area (Å²) in [7, 11) is 3.41. The van der Waals surface area contributed by atoms with Crippen LogP contribution in [0.15, 0.2) is 0 Å². The van der Waals surface area contributed by atoms with Gasteiger partial charge in [0.1, 0.15) is 8.07 Å². The van der Waals surface area contributed by atoms with Crippen LogP contribution in [0.4, 0.5) is 0 Å². The zero-order valence-corrected chi connectivity index (χ0v) is 10.9. The van der Waals surface area contributed by atoms with Gasteiger partial charge < -0.3 is 14.2 Å². The highest BCUT2D eigenvalue weighted by Gasteiger charge is 2.18. The summed E-state index contributed by atoms with van der Waals surface area (Å²) in [4.78, 5) is 0. The molecule has 0 aliphatic heterocycles. The quantitative estimate of drug-likeness (QED) is 0.405. The molecule has 14 heavy (non-hydrogen) atoms. The molecule has 0 heterocycles. The van der Waals surface area contributed by atoms with Crippen molar-refractivity contribution in [2.75, 3.05) is 21.3 Å². The lowest BCUT2D eigenvalue weighted by atomic mass is 10.3. The molecule has 0 amide bonds. The van der Waals surface area contributed by atoms with E-state index in [0.717, 1.165) is 0 Å². The van der Waals surface area contributed by atoms with Crippen molar-refractivity contribution in [3.05, 3.63) is 0 Å². The van der Waals surface area contributed by atoms with Gasteiger partial charge in [-0.05, 0) is 0 Å². The predicted octanol–water partition coefficient (Wildman–Crippen LogP) is 1.50. The summed E-state index contributed by atoms with van der Waals surface area (Å²) in [6, 6.07) is 0. The van der Waals surface area contributed by atoms with Crippen LogP contribution in [0.25, 0.3) is 0 Å². The molecule has 0 aliphatic rings. The second-order valence-corrected chi connectivity index (χ2v) is 8.77. The fourth-order valence-electron chi connectivity index (χ4n) is 0.869. The molecule has 4 heteroatoms. The lowest BCUT2D eigenvalue weighted by molar-refractivity contribution is -0.155. The third-order valence-corrected chi connectivity index (χ3v) is 2.45. The first-order valence-electron chi connectivity index (χ1n) is 4.55. The Kier molecular flexibility index (Phi) is 6.05. The summed E-state index contributed by atoms with van der Waals surface area (Å²) < 4.78 is 15.4. The molecule has 82 valence electrons. The average Bonchev–Trinajstić information content (AvgIpc) is 2.10. The Hall–Kier alpha value is -0.343. The molecule has 3 nitrogen and oxygen atoms in total. The maximum Gasteiger partial charge on any atom is 0.194 e. The van der Waals surface area contributed by atoms with Crippen molar-refractivity contribution < 1.29 is 14.2 Å². The topological polar surface area (TPSA) is 27.7 Å². The molecule has 0 rings (SSSR count). The molecule has 0 spiro atoms. The van der Waals surface area contributed by atoms with Crippen molar-refractivity contribution in [1.82, 2.24) is 0 Å².